The molecule has 2 nitrogen and oxygen atoms in total. The summed E-state index contributed by atoms with van der Waals surface area (Å²) in [5, 5.41) is 0.237. The van der Waals surface area contributed by atoms with Crippen LogP contribution in [0.2, 0.25) is 31.0 Å². The summed E-state index contributed by atoms with van der Waals surface area (Å²) in [7, 11) is -1.20. The third-order valence-electron chi connectivity index (χ3n) is 7.54. The Morgan fingerprint density at radius 3 is 1.96 bits per heavy atom. The number of hydrogen-bond acceptors (Lipinski definition) is 2. The van der Waals surface area contributed by atoms with Gasteiger partial charge in [0.15, 0.2) is 0 Å². The van der Waals surface area contributed by atoms with Crippen molar-refractivity contribution in [3.8, 4) is 0 Å². The molecule has 1 aliphatic heterocycles. The monoisotopic (exact) mass is 356 g/mol. The van der Waals surface area contributed by atoms with Crippen molar-refractivity contribution in [1.29, 1.82) is 0 Å². The van der Waals surface area contributed by atoms with Gasteiger partial charge in [-0.05, 0) is 57.4 Å². The summed E-state index contributed by atoms with van der Waals surface area (Å²) in [6.45, 7) is 16.2. The molecule has 136 valence electrons. The molecule has 25 heavy (non-hydrogen) atoms. The molecule has 4 heteroatoms. The maximum atomic E-state index is 6.53. The Bertz CT molecular complexity index is 655. The van der Waals surface area contributed by atoms with E-state index in [0.717, 1.165) is 0 Å². The van der Waals surface area contributed by atoms with Gasteiger partial charge in [0.25, 0.3) is 0 Å². The summed E-state index contributed by atoms with van der Waals surface area (Å²) >= 11 is 0. The third kappa shape index (κ3) is 2.36. The fraction of sp³-hybridized carbons (Fsp3) is 0.714. The lowest BCUT2D eigenvalue weighted by Crippen LogP contribution is -2.74. The zero-order valence-corrected chi connectivity index (χ0v) is 18.0. The lowest BCUT2D eigenvalue weighted by Gasteiger charge is -2.78. The second-order valence-corrected chi connectivity index (χ2v) is 16.5. The molecule has 0 unspecified atom stereocenters. The zero-order chi connectivity index (χ0) is 18.3. The van der Waals surface area contributed by atoms with Crippen molar-refractivity contribution in [2.45, 2.75) is 88.2 Å². The van der Waals surface area contributed by atoms with Gasteiger partial charge in [-0.25, -0.2) is 0 Å². The largest absolute Gasteiger partial charge is 0.464 e. The van der Waals surface area contributed by atoms with E-state index >= 15 is 0 Å². The first-order valence-electron chi connectivity index (χ1n) is 9.83. The maximum absolute atomic E-state index is 6.53. The molecule has 0 amide bonds. The second kappa shape index (κ2) is 5.02. The first-order valence-corrected chi connectivity index (χ1v) is 13.5. The molecule has 0 radical (unpaired) electrons. The van der Waals surface area contributed by atoms with E-state index in [-0.39, 0.29) is 23.6 Å². The van der Waals surface area contributed by atoms with E-state index in [2.05, 4.69) is 77.7 Å². The topological polar surface area (TPSA) is 18.5 Å². The molecule has 1 heterocycles. The molecule has 3 saturated carbocycles. The van der Waals surface area contributed by atoms with Gasteiger partial charge in [-0.15, -0.1) is 0 Å². The van der Waals surface area contributed by atoms with E-state index < -0.39 is 8.07 Å². The van der Waals surface area contributed by atoms with Crippen LogP contribution in [0.1, 0.15) is 46.1 Å². The highest BCUT2D eigenvalue weighted by Gasteiger charge is 2.82. The molecule has 0 spiro atoms. The fourth-order valence-electron chi connectivity index (χ4n) is 5.50. The molecule has 2 bridgehead atoms. The molecule has 1 aromatic rings. The second-order valence-electron chi connectivity index (χ2n) is 11.0. The minimum Gasteiger partial charge on any atom is -0.403 e. The van der Waals surface area contributed by atoms with Gasteiger partial charge < -0.3 is 9.31 Å². The van der Waals surface area contributed by atoms with E-state index in [4.69, 9.17) is 9.31 Å². The summed E-state index contributed by atoms with van der Waals surface area (Å²) < 4.78 is 13.1. The summed E-state index contributed by atoms with van der Waals surface area (Å²) in [5.74, 6) is 0.712. The van der Waals surface area contributed by atoms with Crippen LogP contribution in [0, 0.1) is 5.92 Å². The molecule has 0 N–H and O–H groups in total. The van der Waals surface area contributed by atoms with Gasteiger partial charge in [-0.3, -0.25) is 0 Å². The Morgan fingerprint density at radius 2 is 1.48 bits per heavy atom. The van der Waals surface area contributed by atoms with Crippen LogP contribution >= 0.6 is 0 Å². The Balaban J connectivity index is 1.64. The highest BCUT2D eigenvalue weighted by Crippen LogP contribution is 2.85. The van der Waals surface area contributed by atoms with Crippen molar-refractivity contribution in [1.82, 2.24) is 0 Å². The summed E-state index contributed by atoms with van der Waals surface area (Å²) in [6.07, 6.45) is 2.46. The Kier molecular flexibility index (Phi) is 3.58. The lowest BCUT2D eigenvalue weighted by atomic mass is 9.18. The Hall–Kier alpha value is -0.578. The predicted octanol–water partition coefficient (Wildman–Crippen LogP) is 5.52. The molecule has 1 atom stereocenters. The SMILES string of the molecule is CC1(C)OB(C23CC(c4ccccc4)(C2)[C@@H]3C[Si](C)(C)C)OC1(C)C. The van der Waals surface area contributed by atoms with Crippen molar-refractivity contribution < 1.29 is 9.31 Å². The van der Waals surface area contributed by atoms with Gasteiger partial charge in [0.1, 0.15) is 0 Å². The van der Waals surface area contributed by atoms with Crippen molar-refractivity contribution in [2.75, 3.05) is 0 Å². The van der Waals surface area contributed by atoms with E-state index in [1.807, 2.05) is 0 Å². The average Bonchev–Trinajstić information content (AvgIpc) is 2.64. The Morgan fingerprint density at radius 1 is 0.960 bits per heavy atom. The molecule has 4 aliphatic rings. The predicted molar refractivity (Wildman–Crippen MR) is 108 cm³/mol. The van der Waals surface area contributed by atoms with Crippen LogP contribution < -0.4 is 0 Å². The zero-order valence-electron chi connectivity index (χ0n) is 17.0. The molecule has 3 aliphatic carbocycles. The van der Waals surface area contributed by atoms with Crippen LogP contribution in [0.5, 0.6) is 0 Å². The smallest absolute Gasteiger partial charge is 0.403 e. The minimum atomic E-state index is -1.16. The summed E-state index contributed by atoms with van der Waals surface area (Å²) in [6, 6.07) is 12.6. The normalized spacial score (nSPS) is 38.2. The first kappa shape index (κ1) is 17.8. The molecule has 1 saturated heterocycles. The molecule has 0 aromatic heterocycles. The number of hydrogen-bond donors (Lipinski definition) is 0. The maximum Gasteiger partial charge on any atom is 0.464 e. The molecule has 1 aromatic carbocycles. The van der Waals surface area contributed by atoms with Crippen LogP contribution in [-0.2, 0) is 14.7 Å². The molecular weight excluding hydrogens is 323 g/mol. The van der Waals surface area contributed by atoms with Crippen molar-refractivity contribution in [2.24, 2.45) is 5.92 Å². The van der Waals surface area contributed by atoms with Crippen LogP contribution in [0.4, 0.5) is 0 Å². The van der Waals surface area contributed by atoms with E-state index in [1.54, 1.807) is 0 Å². The van der Waals surface area contributed by atoms with Gasteiger partial charge in [0.2, 0.25) is 0 Å². The highest BCUT2D eigenvalue weighted by atomic mass is 28.3. The fourth-order valence-corrected chi connectivity index (χ4v) is 7.52. The summed E-state index contributed by atoms with van der Waals surface area (Å²) in [5.41, 5.74) is 1.47. The van der Waals surface area contributed by atoms with Gasteiger partial charge in [-0.1, -0.05) is 56.0 Å². The third-order valence-corrected chi connectivity index (χ3v) is 9.17. The highest BCUT2D eigenvalue weighted by molar-refractivity contribution is 6.76. The van der Waals surface area contributed by atoms with Crippen molar-refractivity contribution >= 4 is 15.2 Å². The van der Waals surface area contributed by atoms with E-state index in [0.29, 0.717) is 11.3 Å². The van der Waals surface area contributed by atoms with Crippen LogP contribution in [-0.4, -0.2) is 26.4 Å². The van der Waals surface area contributed by atoms with Crippen LogP contribution in [0.3, 0.4) is 0 Å². The van der Waals surface area contributed by atoms with Gasteiger partial charge in [0, 0.05) is 13.4 Å². The van der Waals surface area contributed by atoms with Crippen molar-refractivity contribution in [3.63, 3.8) is 0 Å². The number of rotatable bonds is 4. The van der Waals surface area contributed by atoms with Gasteiger partial charge >= 0.3 is 7.12 Å². The van der Waals surface area contributed by atoms with E-state index in [1.165, 1.54) is 24.4 Å². The number of benzene rings is 1. The molecule has 4 fully saturated rings. The molecular formula is C21H33BO2Si. The lowest BCUT2D eigenvalue weighted by molar-refractivity contribution is -0.113. The van der Waals surface area contributed by atoms with Crippen molar-refractivity contribution in [3.05, 3.63) is 35.9 Å². The van der Waals surface area contributed by atoms with Crippen LogP contribution in [0.15, 0.2) is 30.3 Å². The van der Waals surface area contributed by atoms with E-state index in [9.17, 15) is 0 Å². The minimum absolute atomic E-state index is 0.0376. The average molecular weight is 356 g/mol. The Labute approximate surface area is 154 Å². The summed E-state index contributed by atoms with van der Waals surface area (Å²) in [4.78, 5) is 0. The molecule has 5 rings (SSSR count). The first-order chi connectivity index (χ1) is 11.4. The standard InChI is InChI=1S/C21H33BO2Si/c1-18(2)19(3,4)24-22(23-18)21-14-20(15-21,16-11-9-8-10-12-16)17(21)13-25(5,6)7/h8-12,17H,13-15H2,1-7H3/t17-,20?,21?/m0/s1. The van der Waals surface area contributed by atoms with Gasteiger partial charge in [-0.2, -0.15) is 0 Å². The quantitative estimate of drug-likeness (QED) is 0.662. The van der Waals surface area contributed by atoms with Gasteiger partial charge in [0.05, 0.1) is 11.2 Å². The van der Waals surface area contributed by atoms with Crippen LogP contribution in [0.25, 0.3) is 0 Å².